The zero-order valence-electron chi connectivity index (χ0n) is 18.4. The number of unbranched alkanes of at least 4 members (excludes halogenated alkanes) is 16. The second-order valence-electron chi connectivity index (χ2n) is 7.88. The fourth-order valence-corrected chi connectivity index (χ4v) is 3.35. The van der Waals surface area contributed by atoms with Crippen molar-refractivity contribution in [2.75, 3.05) is 26.4 Å². The Morgan fingerprint density at radius 3 is 0.923 bits per heavy atom. The first-order valence-corrected chi connectivity index (χ1v) is 12.1. The highest BCUT2D eigenvalue weighted by Gasteiger charge is 1.95. The van der Waals surface area contributed by atoms with E-state index in [1.54, 1.807) is 0 Å². The van der Waals surface area contributed by atoms with E-state index in [2.05, 4.69) is 13.8 Å². The van der Waals surface area contributed by atoms with Crippen molar-refractivity contribution >= 4 is 0 Å². The average molecular weight is 371 g/mol. The lowest BCUT2D eigenvalue weighted by molar-refractivity contribution is 0.0449. The van der Waals surface area contributed by atoms with Crippen LogP contribution in [0.2, 0.25) is 0 Å². The summed E-state index contributed by atoms with van der Waals surface area (Å²) in [5, 5.41) is 0. The van der Waals surface area contributed by atoms with E-state index in [9.17, 15) is 0 Å². The maximum Gasteiger partial charge on any atom is 0.0700 e. The molecule has 158 valence electrons. The van der Waals surface area contributed by atoms with Crippen LogP contribution in [0.3, 0.4) is 0 Å². The van der Waals surface area contributed by atoms with Gasteiger partial charge in [0.2, 0.25) is 0 Å². The fraction of sp³-hybridized carbons (Fsp3) is 1.00. The Bertz CT molecular complexity index is 206. The summed E-state index contributed by atoms with van der Waals surface area (Å²) < 4.78 is 11.2. The van der Waals surface area contributed by atoms with Gasteiger partial charge in [-0.2, -0.15) is 0 Å². The van der Waals surface area contributed by atoms with Crippen LogP contribution in [0, 0.1) is 0 Å². The van der Waals surface area contributed by atoms with Crippen molar-refractivity contribution in [3.63, 3.8) is 0 Å². The molecule has 0 aromatic heterocycles. The van der Waals surface area contributed by atoms with E-state index in [0.29, 0.717) is 0 Å². The predicted octanol–water partition coefficient (Wildman–Crippen LogP) is 8.08. The van der Waals surface area contributed by atoms with Crippen LogP contribution >= 0.6 is 0 Å². The van der Waals surface area contributed by atoms with Gasteiger partial charge in [-0.1, -0.05) is 117 Å². The van der Waals surface area contributed by atoms with Crippen molar-refractivity contribution in [1.82, 2.24) is 0 Å². The van der Waals surface area contributed by atoms with Crippen molar-refractivity contribution in [2.45, 2.75) is 129 Å². The molecule has 0 spiro atoms. The predicted molar refractivity (Wildman–Crippen MR) is 116 cm³/mol. The van der Waals surface area contributed by atoms with E-state index >= 15 is 0 Å². The fourth-order valence-electron chi connectivity index (χ4n) is 3.35. The normalized spacial score (nSPS) is 11.3. The van der Waals surface area contributed by atoms with Crippen LogP contribution in [0.25, 0.3) is 0 Å². The molecule has 0 aliphatic rings. The smallest absolute Gasteiger partial charge is 0.0700 e. The molecule has 0 aromatic rings. The van der Waals surface area contributed by atoms with Gasteiger partial charge in [0.25, 0.3) is 0 Å². The molecule has 0 saturated carbocycles. The van der Waals surface area contributed by atoms with Crippen molar-refractivity contribution in [1.29, 1.82) is 0 Å². The van der Waals surface area contributed by atoms with Gasteiger partial charge in [0.15, 0.2) is 0 Å². The maximum atomic E-state index is 5.64. The molecule has 0 aliphatic heterocycles. The summed E-state index contributed by atoms with van der Waals surface area (Å²) >= 11 is 0. The van der Waals surface area contributed by atoms with Crippen LogP contribution in [0.1, 0.15) is 129 Å². The molecule has 26 heavy (non-hydrogen) atoms. The van der Waals surface area contributed by atoms with E-state index in [1.807, 2.05) is 0 Å². The molecule has 0 heterocycles. The van der Waals surface area contributed by atoms with E-state index < -0.39 is 0 Å². The number of hydrogen-bond donors (Lipinski definition) is 0. The second kappa shape index (κ2) is 24.9. The van der Waals surface area contributed by atoms with Crippen molar-refractivity contribution < 1.29 is 9.47 Å². The van der Waals surface area contributed by atoms with Crippen molar-refractivity contribution in [3.8, 4) is 0 Å². The first-order chi connectivity index (χ1) is 12.9. The topological polar surface area (TPSA) is 18.5 Å². The third kappa shape index (κ3) is 23.9. The molecule has 0 radical (unpaired) electrons. The van der Waals surface area contributed by atoms with E-state index in [-0.39, 0.29) is 0 Å². The highest BCUT2D eigenvalue weighted by Crippen LogP contribution is 2.12. The first-order valence-electron chi connectivity index (χ1n) is 12.1. The minimum atomic E-state index is 0.769. The van der Waals surface area contributed by atoms with Crippen LogP contribution in [0.5, 0.6) is 0 Å². The molecule has 0 N–H and O–H groups in total. The van der Waals surface area contributed by atoms with Gasteiger partial charge < -0.3 is 9.47 Å². The van der Waals surface area contributed by atoms with E-state index in [0.717, 1.165) is 26.4 Å². The Kier molecular flexibility index (Phi) is 24.8. The lowest BCUT2D eigenvalue weighted by atomic mass is 10.0. The third-order valence-corrected chi connectivity index (χ3v) is 5.16. The van der Waals surface area contributed by atoms with Gasteiger partial charge in [-0.15, -0.1) is 0 Å². The van der Waals surface area contributed by atoms with E-state index in [4.69, 9.17) is 9.47 Å². The summed E-state index contributed by atoms with van der Waals surface area (Å²) in [5.74, 6) is 0. The van der Waals surface area contributed by atoms with Gasteiger partial charge in [0.05, 0.1) is 13.2 Å². The Balaban J connectivity index is 2.95. The Morgan fingerprint density at radius 1 is 0.308 bits per heavy atom. The molecule has 0 aromatic carbocycles. The van der Waals surface area contributed by atoms with Crippen LogP contribution in [0.15, 0.2) is 0 Å². The molecule has 0 aliphatic carbocycles. The summed E-state index contributed by atoms with van der Waals surface area (Å²) in [4.78, 5) is 0. The van der Waals surface area contributed by atoms with Gasteiger partial charge in [0, 0.05) is 13.2 Å². The zero-order valence-corrected chi connectivity index (χ0v) is 18.4. The highest BCUT2D eigenvalue weighted by atomic mass is 16.5. The number of rotatable bonds is 23. The Labute approximate surface area is 165 Å². The number of hydrogen-bond acceptors (Lipinski definition) is 2. The summed E-state index contributed by atoms with van der Waals surface area (Å²) in [7, 11) is 0. The molecular formula is C24H50O2. The SMILES string of the molecule is CCCCCCCCCCCCCCCCOCCOCCCCCC. The minimum absolute atomic E-state index is 0.769. The Hall–Kier alpha value is -0.0800. The van der Waals surface area contributed by atoms with Crippen molar-refractivity contribution in [3.05, 3.63) is 0 Å². The molecule has 0 rings (SSSR count). The Morgan fingerprint density at radius 2 is 0.577 bits per heavy atom. The quantitative estimate of drug-likeness (QED) is 0.169. The third-order valence-electron chi connectivity index (χ3n) is 5.16. The molecule has 0 amide bonds. The highest BCUT2D eigenvalue weighted by molar-refractivity contribution is 4.49. The van der Waals surface area contributed by atoms with Gasteiger partial charge in [-0.25, -0.2) is 0 Å². The lowest BCUT2D eigenvalue weighted by Crippen LogP contribution is -2.06. The van der Waals surface area contributed by atoms with Gasteiger partial charge in [-0.3, -0.25) is 0 Å². The van der Waals surface area contributed by atoms with Crippen LogP contribution in [-0.4, -0.2) is 26.4 Å². The molecule has 0 fully saturated rings. The van der Waals surface area contributed by atoms with Crippen LogP contribution in [-0.2, 0) is 9.47 Å². The zero-order chi connectivity index (χ0) is 19.0. The number of ether oxygens (including phenoxy) is 2. The molecule has 2 nitrogen and oxygen atoms in total. The summed E-state index contributed by atoms with van der Waals surface area (Å²) in [5.41, 5.74) is 0. The lowest BCUT2D eigenvalue weighted by Gasteiger charge is -2.06. The summed E-state index contributed by atoms with van der Waals surface area (Å²) in [6.07, 6.45) is 24.9. The van der Waals surface area contributed by atoms with Gasteiger partial charge >= 0.3 is 0 Å². The molecule has 0 saturated heterocycles. The molecule has 2 heteroatoms. The second-order valence-corrected chi connectivity index (χ2v) is 7.88. The van der Waals surface area contributed by atoms with Crippen molar-refractivity contribution in [2.24, 2.45) is 0 Å². The monoisotopic (exact) mass is 370 g/mol. The minimum Gasteiger partial charge on any atom is -0.379 e. The van der Waals surface area contributed by atoms with Crippen LogP contribution < -0.4 is 0 Å². The standard InChI is InChI=1S/C24H50O2/c1-3-5-7-9-10-11-12-13-14-15-16-17-18-20-22-26-24-23-25-21-19-8-6-4-2/h3-24H2,1-2H3. The van der Waals surface area contributed by atoms with Gasteiger partial charge in [0.1, 0.15) is 0 Å². The van der Waals surface area contributed by atoms with Gasteiger partial charge in [-0.05, 0) is 12.8 Å². The van der Waals surface area contributed by atoms with E-state index in [1.165, 1.54) is 116 Å². The largest absolute Gasteiger partial charge is 0.379 e. The molecule has 0 bridgehead atoms. The maximum absolute atomic E-state index is 5.64. The molecular weight excluding hydrogens is 320 g/mol. The first kappa shape index (κ1) is 25.9. The van der Waals surface area contributed by atoms with Crippen LogP contribution in [0.4, 0.5) is 0 Å². The average Bonchev–Trinajstić information content (AvgIpc) is 2.66. The summed E-state index contributed by atoms with van der Waals surface area (Å²) in [6, 6.07) is 0. The molecule has 0 atom stereocenters. The summed E-state index contributed by atoms with van der Waals surface area (Å²) in [6.45, 7) is 7.89. The molecule has 0 unspecified atom stereocenters.